The molecule has 0 unspecified atom stereocenters. The lowest BCUT2D eigenvalue weighted by atomic mass is 10.2. The van der Waals surface area contributed by atoms with Gasteiger partial charge in [-0.15, -0.1) is 0 Å². The Morgan fingerprint density at radius 1 is 1.33 bits per heavy atom. The van der Waals surface area contributed by atoms with Crippen LogP contribution in [0.4, 0.5) is 0 Å². The molecule has 0 amide bonds. The van der Waals surface area contributed by atoms with Gasteiger partial charge in [0.25, 0.3) is 0 Å². The maximum absolute atomic E-state index is 5.62. The molecule has 0 spiro atoms. The average Bonchev–Trinajstić information content (AvgIpc) is 2.26. The zero-order chi connectivity index (χ0) is 11.1. The summed E-state index contributed by atoms with van der Waals surface area (Å²) >= 11 is 3.39. The molecule has 0 atom stereocenters. The number of hydrogen-bond donors (Lipinski definition) is 1. The molecule has 0 saturated heterocycles. The second-order valence-corrected chi connectivity index (χ2v) is 3.92. The zero-order valence-electron chi connectivity index (χ0n) is 8.83. The first kappa shape index (κ1) is 12.5. The first-order valence-corrected chi connectivity index (χ1v) is 5.76. The van der Waals surface area contributed by atoms with Gasteiger partial charge in [-0.2, -0.15) is 0 Å². The van der Waals surface area contributed by atoms with Crippen molar-refractivity contribution in [2.24, 2.45) is 5.73 Å². The predicted octanol–water partition coefficient (Wildman–Crippen LogP) is 2.32. The van der Waals surface area contributed by atoms with Gasteiger partial charge in [-0.1, -0.05) is 15.9 Å². The van der Waals surface area contributed by atoms with E-state index in [2.05, 4.69) is 15.9 Å². The van der Waals surface area contributed by atoms with Crippen molar-refractivity contribution in [2.75, 3.05) is 19.8 Å². The first-order valence-electron chi connectivity index (χ1n) is 4.97. The summed E-state index contributed by atoms with van der Waals surface area (Å²) < 4.78 is 11.8. The van der Waals surface area contributed by atoms with Crippen LogP contribution in [-0.2, 0) is 11.3 Å². The van der Waals surface area contributed by atoms with Gasteiger partial charge in [0.2, 0.25) is 0 Å². The van der Waals surface area contributed by atoms with Crippen molar-refractivity contribution >= 4 is 15.9 Å². The third-order valence-corrected chi connectivity index (χ3v) is 2.43. The highest BCUT2D eigenvalue weighted by molar-refractivity contribution is 9.10. The van der Waals surface area contributed by atoms with E-state index in [0.717, 1.165) is 15.8 Å². The Balaban J connectivity index is 2.52. The fourth-order valence-electron chi connectivity index (χ4n) is 1.20. The van der Waals surface area contributed by atoms with Crippen LogP contribution in [0.25, 0.3) is 0 Å². The number of nitrogens with two attached hydrogens (primary N) is 1. The lowest BCUT2D eigenvalue weighted by Crippen LogP contribution is -2.08. The molecule has 2 N–H and O–H groups in total. The molecule has 1 aromatic carbocycles. The second kappa shape index (κ2) is 6.82. The number of hydrogen-bond acceptors (Lipinski definition) is 3. The van der Waals surface area contributed by atoms with Gasteiger partial charge in [-0.25, -0.2) is 0 Å². The van der Waals surface area contributed by atoms with Crippen molar-refractivity contribution in [3.05, 3.63) is 28.2 Å². The maximum atomic E-state index is 5.62. The summed E-state index contributed by atoms with van der Waals surface area (Å²) in [6.45, 7) is 4.32. The van der Waals surface area contributed by atoms with Crippen LogP contribution in [0.2, 0.25) is 0 Å². The SMILES string of the molecule is CCOCCOc1ccc(Br)cc1CN. The van der Waals surface area contributed by atoms with Crippen molar-refractivity contribution in [1.82, 2.24) is 0 Å². The Hall–Kier alpha value is -0.580. The summed E-state index contributed by atoms with van der Waals surface area (Å²) in [5, 5.41) is 0. The third-order valence-electron chi connectivity index (χ3n) is 1.93. The van der Waals surface area contributed by atoms with E-state index < -0.39 is 0 Å². The van der Waals surface area contributed by atoms with E-state index in [1.54, 1.807) is 0 Å². The highest BCUT2D eigenvalue weighted by Crippen LogP contribution is 2.22. The molecule has 0 fully saturated rings. The Labute approximate surface area is 98.7 Å². The number of halogens is 1. The average molecular weight is 274 g/mol. The van der Waals surface area contributed by atoms with E-state index in [1.165, 1.54) is 0 Å². The van der Waals surface area contributed by atoms with Gasteiger partial charge in [0, 0.05) is 23.2 Å². The largest absolute Gasteiger partial charge is 0.491 e. The van der Waals surface area contributed by atoms with E-state index >= 15 is 0 Å². The first-order chi connectivity index (χ1) is 7.27. The standard InChI is InChI=1S/C11H16BrNO2/c1-2-14-5-6-15-11-4-3-10(12)7-9(11)8-13/h3-4,7H,2,5-6,8,13H2,1H3. The van der Waals surface area contributed by atoms with Crippen LogP contribution in [0.1, 0.15) is 12.5 Å². The normalized spacial score (nSPS) is 10.3. The van der Waals surface area contributed by atoms with Gasteiger partial charge < -0.3 is 15.2 Å². The molecule has 0 aliphatic carbocycles. The summed E-state index contributed by atoms with van der Waals surface area (Å²) in [6.07, 6.45) is 0. The zero-order valence-corrected chi connectivity index (χ0v) is 10.4. The maximum Gasteiger partial charge on any atom is 0.123 e. The third kappa shape index (κ3) is 4.20. The van der Waals surface area contributed by atoms with Crippen molar-refractivity contribution in [3.63, 3.8) is 0 Å². The number of rotatable bonds is 6. The molecule has 0 radical (unpaired) electrons. The molecule has 0 aliphatic heterocycles. The Morgan fingerprint density at radius 2 is 2.13 bits per heavy atom. The van der Waals surface area contributed by atoms with Crippen LogP contribution in [0.3, 0.4) is 0 Å². The molecule has 15 heavy (non-hydrogen) atoms. The molecule has 0 bridgehead atoms. The summed E-state index contributed by atoms with van der Waals surface area (Å²) in [5.74, 6) is 0.834. The molecule has 1 rings (SSSR count). The van der Waals surface area contributed by atoms with Crippen LogP contribution in [-0.4, -0.2) is 19.8 Å². The van der Waals surface area contributed by atoms with Gasteiger partial charge in [0.05, 0.1) is 6.61 Å². The predicted molar refractivity (Wildman–Crippen MR) is 64.0 cm³/mol. The van der Waals surface area contributed by atoms with Gasteiger partial charge >= 0.3 is 0 Å². The lowest BCUT2D eigenvalue weighted by molar-refractivity contribution is 0.110. The fourth-order valence-corrected chi connectivity index (χ4v) is 1.61. The minimum Gasteiger partial charge on any atom is -0.491 e. The van der Waals surface area contributed by atoms with Crippen LogP contribution in [0, 0.1) is 0 Å². The lowest BCUT2D eigenvalue weighted by Gasteiger charge is -2.10. The molecular formula is C11H16BrNO2. The minimum absolute atomic E-state index is 0.476. The van der Waals surface area contributed by atoms with Crippen molar-refractivity contribution in [2.45, 2.75) is 13.5 Å². The van der Waals surface area contributed by atoms with E-state index in [-0.39, 0.29) is 0 Å². The fraction of sp³-hybridized carbons (Fsp3) is 0.455. The minimum atomic E-state index is 0.476. The molecule has 3 nitrogen and oxygen atoms in total. The van der Waals surface area contributed by atoms with E-state index in [1.807, 2.05) is 25.1 Å². The molecule has 1 aromatic rings. The van der Waals surface area contributed by atoms with Crippen molar-refractivity contribution in [3.8, 4) is 5.75 Å². The smallest absolute Gasteiger partial charge is 0.123 e. The van der Waals surface area contributed by atoms with Gasteiger partial charge in [0.15, 0.2) is 0 Å². The molecule has 4 heteroatoms. The van der Waals surface area contributed by atoms with E-state index in [9.17, 15) is 0 Å². The quantitative estimate of drug-likeness (QED) is 0.810. The number of ether oxygens (including phenoxy) is 2. The number of benzene rings is 1. The van der Waals surface area contributed by atoms with Crippen LogP contribution < -0.4 is 10.5 Å². The molecule has 0 aliphatic rings. The topological polar surface area (TPSA) is 44.5 Å². The Bertz CT molecular complexity index is 305. The van der Waals surface area contributed by atoms with Crippen molar-refractivity contribution < 1.29 is 9.47 Å². The second-order valence-electron chi connectivity index (χ2n) is 3.00. The highest BCUT2D eigenvalue weighted by Gasteiger charge is 2.02. The summed E-state index contributed by atoms with van der Waals surface area (Å²) in [6, 6.07) is 5.82. The van der Waals surface area contributed by atoms with E-state index in [4.69, 9.17) is 15.2 Å². The van der Waals surface area contributed by atoms with Gasteiger partial charge in [-0.05, 0) is 25.1 Å². The van der Waals surface area contributed by atoms with Crippen LogP contribution in [0.15, 0.2) is 22.7 Å². The Kier molecular flexibility index (Phi) is 5.68. The molecule has 0 saturated carbocycles. The summed E-state index contributed by atoms with van der Waals surface area (Å²) in [5.41, 5.74) is 6.62. The molecule has 0 aromatic heterocycles. The van der Waals surface area contributed by atoms with E-state index in [0.29, 0.717) is 26.4 Å². The van der Waals surface area contributed by atoms with Crippen LogP contribution in [0.5, 0.6) is 5.75 Å². The highest BCUT2D eigenvalue weighted by atomic mass is 79.9. The molecular weight excluding hydrogens is 258 g/mol. The molecule has 0 heterocycles. The van der Waals surface area contributed by atoms with Crippen molar-refractivity contribution in [1.29, 1.82) is 0 Å². The summed E-state index contributed by atoms with van der Waals surface area (Å²) in [4.78, 5) is 0. The van der Waals surface area contributed by atoms with Gasteiger partial charge in [0.1, 0.15) is 12.4 Å². The van der Waals surface area contributed by atoms with Gasteiger partial charge in [-0.3, -0.25) is 0 Å². The molecule has 84 valence electrons. The monoisotopic (exact) mass is 273 g/mol. The van der Waals surface area contributed by atoms with Crippen LogP contribution >= 0.6 is 15.9 Å². The summed E-state index contributed by atoms with van der Waals surface area (Å²) in [7, 11) is 0. The Morgan fingerprint density at radius 3 is 2.80 bits per heavy atom.